The van der Waals surface area contributed by atoms with E-state index < -0.39 is 6.43 Å². The van der Waals surface area contributed by atoms with Crippen molar-refractivity contribution in [3.05, 3.63) is 35.4 Å². The number of hydrogen-bond donors (Lipinski definition) is 1. The first-order valence-corrected chi connectivity index (χ1v) is 6.49. The van der Waals surface area contributed by atoms with Gasteiger partial charge in [0.25, 0.3) is 12.3 Å². The molecule has 104 valence electrons. The predicted molar refractivity (Wildman–Crippen MR) is 69.1 cm³/mol. The molecule has 0 spiro atoms. The van der Waals surface area contributed by atoms with Crippen LogP contribution in [0.2, 0.25) is 0 Å². The Morgan fingerprint density at radius 2 is 2.05 bits per heavy atom. The maximum atomic E-state index is 12.6. The predicted octanol–water partition coefficient (Wildman–Crippen LogP) is 2.44. The van der Waals surface area contributed by atoms with Gasteiger partial charge < -0.3 is 10.6 Å². The largest absolute Gasteiger partial charge is 0.339 e. The van der Waals surface area contributed by atoms with Gasteiger partial charge in [0, 0.05) is 24.2 Å². The molecular formula is C14H18F2N2O. The monoisotopic (exact) mass is 268 g/mol. The molecule has 1 amide bonds. The molecule has 0 atom stereocenters. The van der Waals surface area contributed by atoms with E-state index in [9.17, 15) is 13.6 Å². The SMILES string of the molecule is NCC1CCN(C(=O)c2cccc(C(F)F)c2)CC1. The average Bonchev–Trinajstić information content (AvgIpc) is 2.46. The Morgan fingerprint density at radius 1 is 1.37 bits per heavy atom. The van der Waals surface area contributed by atoms with Crippen molar-refractivity contribution in [3.8, 4) is 0 Å². The summed E-state index contributed by atoms with van der Waals surface area (Å²) in [6.45, 7) is 1.95. The van der Waals surface area contributed by atoms with Crippen LogP contribution in [0.1, 0.15) is 35.2 Å². The van der Waals surface area contributed by atoms with Crippen LogP contribution in [0.15, 0.2) is 24.3 Å². The minimum absolute atomic E-state index is 0.109. The molecule has 0 bridgehead atoms. The molecule has 1 saturated heterocycles. The zero-order valence-corrected chi connectivity index (χ0v) is 10.7. The fourth-order valence-electron chi connectivity index (χ4n) is 2.36. The van der Waals surface area contributed by atoms with Crippen LogP contribution in [-0.4, -0.2) is 30.4 Å². The summed E-state index contributed by atoms with van der Waals surface area (Å²) in [7, 11) is 0. The van der Waals surface area contributed by atoms with Crippen LogP contribution < -0.4 is 5.73 Å². The minimum Gasteiger partial charge on any atom is -0.339 e. The van der Waals surface area contributed by atoms with E-state index in [1.165, 1.54) is 18.2 Å². The van der Waals surface area contributed by atoms with Gasteiger partial charge in [0.1, 0.15) is 0 Å². The maximum Gasteiger partial charge on any atom is 0.263 e. The van der Waals surface area contributed by atoms with Crippen molar-refractivity contribution < 1.29 is 13.6 Å². The summed E-state index contributed by atoms with van der Waals surface area (Å²) in [4.78, 5) is 13.9. The van der Waals surface area contributed by atoms with Crippen LogP contribution in [0.25, 0.3) is 0 Å². The third kappa shape index (κ3) is 3.29. The molecule has 2 N–H and O–H groups in total. The molecule has 2 rings (SSSR count). The maximum absolute atomic E-state index is 12.6. The summed E-state index contributed by atoms with van der Waals surface area (Å²) in [5.41, 5.74) is 5.83. The Balaban J connectivity index is 2.06. The molecule has 19 heavy (non-hydrogen) atoms. The normalized spacial score (nSPS) is 16.9. The number of carbonyl (C=O) groups is 1. The zero-order valence-electron chi connectivity index (χ0n) is 10.7. The highest BCUT2D eigenvalue weighted by Gasteiger charge is 2.23. The van der Waals surface area contributed by atoms with E-state index in [-0.39, 0.29) is 11.5 Å². The van der Waals surface area contributed by atoms with Gasteiger partial charge >= 0.3 is 0 Å². The van der Waals surface area contributed by atoms with Crippen LogP contribution in [0.3, 0.4) is 0 Å². The molecule has 1 aliphatic heterocycles. The van der Waals surface area contributed by atoms with Gasteiger partial charge in [0.2, 0.25) is 0 Å². The molecule has 0 saturated carbocycles. The lowest BCUT2D eigenvalue weighted by Crippen LogP contribution is -2.40. The van der Waals surface area contributed by atoms with Crippen LogP contribution in [0.4, 0.5) is 8.78 Å². The summed E-state index contributed by atoms with van der Waals surface area (Å²) >= 11 is 0. The van der Waals surface area contributed by atoms with E-state index in [4.69, 9.17) is 5.73 Å². The van der Waals surface area contributed by atoms with E-state index in [1.54, 1.807) is 11.0 Å². The molecule has 0 unspecified atom stereocenters. The Bertz CT molecular complexity index is 443. The Hall–Kier alpha value is -1.49. The number of hydrogen-bond acceptors (Lipinski definition) is 2. The second-order valence-corrected chi connectivity index (χ2v) is 4.90. The number of likely N-dealkylation sites (tertiary alicyclic amines) is 1. The molecule has 5 heteroatoms. The zero-order chi connectivity index (χ0) is 13.8. The number of nitrogens with zero attached hydrogens (tertiary/aromatic N) is 1. The molecule has 0 radical (unpaired) electrons. The number of halogens is 2. The number of amides is 1. The lowest BCUT2D eigenvalue weighted by molar-refractivity contribution is 0.0693. The van der Waals surface area contributed by atoms with Crippen LogP contribution in [-0.2, 0) is 0 Å². The molecule has 1 heterocycles. The number of piperidine rings is 1. The molecule has 1 aromatic carbocycles. The molecule has 1 aromatic rings. The molecular weight excluding hydrogens is 250 g/mol. The van der Waals surface area contributed by atoms with Gasteiger partial charge in [-0.3, -0.25) is 4.79 Å². The summed E-state index contributed by atoms with van der Waals surface area (Å²) in [5, 5.41) is 0. The summed E-state index contributed by atoms with van der Waals surface area (Å²) in [6.07, 6.45) is -0.774. The highest BCUT2D eigenvalue weighted by atomic mass is 19.3. The number of benzene rings is 1. The lowest BCUT2D eigenvalue weighted by atomic mass is 9.96. The van der Waals surface area contributed by atoms with Gasteiger partial charge in [0.15, 0.2) is 0 Å². The number of carbonyl (C=O) groups excluding carboxylic acids is 1. The van der Waals surface area contributed by atoms with Crippen molar-refractivity contribution in [1.29, 1.82) is 0 Å². The first kappa shape index (κ1) is 13.9. The summed E-state index contributed by atoms with van der Waals surface area (Å²) in [6, 6.07) is 5.70. The fourth-order valence-corrected chi connectivity index (χ4v) is 2.36. The van der Waals surface area contributed by atoms with Crippen LogP contribution >= 0.6 is 0 Å². The van der Waals surface area contributed by atoms with Crippen molar-refractivity contribution in [2.24, 2.45) is 11.7 Å². The Labute approximate surface area is 111 Å². The molecule has 1 fully saturated rings. The molecule has 1 aliphatic rings. The van der Waals surface area contributed by atoms with E-state index in [0.717, 1.165) is 12.8 Å². The number of rotatable bonds is 3. The average molecular weight is 268 g/mol. The van der Waals surface area contributed by atoms with E-state index >= 15 is 0 Å². The minimum atomic E-state index is -2.55. The van der Waals surface area contributed by atoms with Crippen LogP contribution in [0.5, 0.6) is 0 Å². The quantitative estimate of drug-likeness (QED) is 0.915. The van der Waals surface area contributed by atoms with E-state index in [1.807, 2.05) is 0 Å². The first-order chi connectivity index (χ1) is 9.11. The van der Waals surface area contributed by atoms with Gasteiger partial charge in [-0.15, -0.1) is 0 Å². The first-order valence-electron chi connectivity index (χ1n) is 6.49. The highest BCUT2D eigenvalue weighted by Crippen LogP contribution is 2.22. The fraction of sp³-hybridized carbons (Fsp3) is 0.500. The van der Waals surface area contributed by atoms with Gasteiger partial charge in [-0.2, -0.15) is 0 Å². The molecule has 0 aromatic heterocycles. The lowest BCUT2D eigenvalue weighted by Gasteiger charge is -2.31. The van der Waals surface area contributed by atoms with Crippen molar-refractivity contribution >= 4 is 5.91 Å². The van der Waals surface area contributed by atoms with Crippen molar-refractivity contribution in [2.45, 2.75) is 19.3 Å². The topological polar surface area (TPSA) is 46.3 Å². The van der Waals surface area contributed by atoms with E-state index in [0.29, 0.717) is 31.1 Å². The van der Waals surface area contributed by atoms with E-state index in [2.05, 4.69) is 0 Å². The van der Waals surface area contributed by atoms with Crippen molar-refractivity contribution in [2.75, 3.05) is 19.6 Å². The third-order valence-electron chi connectivity index (χ3n) is 3.62. The number of nitrogens with two attached hydrogens (primary N) is 1. The summed E-state index contributed by atoms with van der Waals surface area (Å²) < 4.78 is 25.2. The third-order valence-corrected chi connectivity index (χ3v) is 3.62. The van der Waals surface area contributed by atoms with Gasteiger partial charge in [0.05, 0.1) is 0 Å². The molecule has 0 aliphatic carbocycles. The Morgan fingerprint density at radius 3 is 2.63 bits per heavy atom. The second-order valence-electron chi connectivity index (χ2n) is 4.90. The standard InChI is InChI=1S/C14H18F2N2O/c15-13(16)11-2-1-3-12(8-11)14(19)18-6-4-10(9-17)5-7-18/h1-3,8,10,13H,4-7,9,17H2. The van der Waals surface area contributed by atoms with Gasteiger partial charge in [-0.1, -0.05) is 12.1 Å². The van der Waals surface area contributed by atoms with Gasteiger partial charge in [-0.25, -0.2) is 8.78 Å². The second kappa shape index (κ2) is 6.10. The van der Waals surface area contributed by atoms with Crippen LogP contribution in [0, 0.1) is 5.92 Å². The van der Waals surface area contributed by atoms with Gasteiger partial charge in [-0.05, 0) is 37.4 Å². The van der Waals surface area contributed by atoms with Crippen molar-refractivity contribution in [3.63, 3.8) is 0 Å². The summed E-state index contributed by atoms with van der Waals surface area (Å²) in [5.74, 6) is 0.300. The Kier molecular flexibility index (Phi) is 4.47. The molecule has 3 nitrogen and oxygen atoms in total. The highest BCUT2D eigenvalue weighted by molar-refractivity contribution is 5.94. The number of alkyl halides is 2. The van der Waals surface area contributed by atoms with Crippen molar-refractivity contribution in [1.82, 2.24) is 4.90 Å². The smallest absolute Gasteiger partial charge is 0.263 e.